The minimum Gasteiger partial charge on any atom is -0.383 e. The van der Waals surface area contributed by atoms with Gasteiger partial charge in [0.1, 0.15) is 11.6 Å². The van der Waals surface area contributed by atoms with Gasteiger partial charge >= 0.3 is 0 Å². The Kier molecular flexibility index (Phi) is 4.29. The van der Waals surface area contributed by atoms with Crippen molar-refractivity contribution >= 4 is 23.4 Å². The molecule has 0 spiro atoms. The molecule has 1 saturated heterocycles. The molecule has 100 valence electrons. The van der Waals surface area contributed by atoms with Crippen LogP contribution >= 0.6 is 11.8 Å². The van der Waals surface area contributed by atoms with Gasteiger partial charge in [0.25, 0.3) is 0 Å². The fourth-order valence-electron chi connectivity index (χ4n) is 1.97. The zero-order valence-corrected chi connectivity index (χ0v) is 11.7. The van der Waals surface area contributed by atoms with E-state index in [0.717, 1.165) is 38.4 Å². The largest absolute Gasteiger partial charge is 0.383 e. The Labute approximate surface area is 112 Å². The first-order valence-corrected chi connectivity index (χ1v) is 7.34. The molecule has 1 aromatic heterocycles. The van der Waals surface area contributed by atoms with Crippen LogP contribution in [0.5, 0.6) is 0 Å². The van der Waals surface area contributed by atoms with E-state index in [0.29, 0.717) is 11.0 Å². The number of nitrogens with zero attached hydrogens (tertiary/aromatic N) is 2. The number of hydrogen-bond acceptors (Lipinski definition) is 6. The molecule has 0 bridgehead atoms. The highest BCUT2D eigenvalue weighted by Gasteiger charge is 2.27. The minimum absolute atomic E-state index is 0.275. The van der Waals surface area contributed by atoms with E-state index in [1.54, 1.807) is 6.07 Å². The topological polar surface area (TPSA) is 73.1 Å². The Morgan fingerprint density at radius 2 is 2.17 bits per heavy atom. The summed E-state index contributed by atoms with van der Waals surface area (Å²) in [6, 6.07) is 1.78. The number of nitrogens with two attached hydrogens (primary N) is 1. The summed E-state index contributed by atoms with van der Waals surface area (Å²) in [7, 11) is 0. The number of anilines is 2. The molecule has 2 rings (SSSR count). The smallest absolute Gasteiger partial charge is 0.191 e. The summed E-state index contributed by atoms with van der Waals surface area (Å²) in [5.74, 6) is 1.31. The van der Waals surface area contributed by atoms with Crippen LogP contribution in [0.1, 0.15) is 19.8 Å². The zero-order valence-electron chi connectivity index (χ0n) is 10.9. The maximum absolute atomic E-state index is 5.75. The lowest BCUT2D eigenvalue weighted by Gasteiger charge is -2.33. The lowest BCUT2D eigenvalue weighted by atomic mass is 9.82. The first-order valence-electron chi connectivity index (χ1n) is 6.11. The fourth-order valence-corrected chi connectivity index (χ4v) is 2.36. The average Bonchev–Trinajstić information content (AvgIpc) is 2.37. The van der Waals surface area contributed by atoms with Gasteiger partial charge in [-0.15, -0.1) is 0 Å². The Morgan fingerprint density at radius 3 is 2.83 bits per heavy atom. The number of rotatable bonds is 4. The number of nitrogen functional groups attached to an aromatic ring is 1. The number of thioether (sulfide) groups is 1. The summed E-state index contributed by atoms with van der Waals surface area (Å²) in [4.78, 5) is 8.53. The molecule has 1 aromatic rings. The van der Waals surface area contributed by atoms with Crippen LogP contribution in [0.15, 0.2) is 11.2 Å². The van der Waals surface area contributed by atoms with Crippen LogP contribution in [0.2, 0.25) is 0 Å². The lowest BCUT2D eigenvalue weighted by Crippen LogP contribution is -2.33. The summed E-state index contributed by atoms with van der Waals surface area (Å²) in [6.45, 7) is 4.86. The van der Waals surface area contributed by atoms with Crippen molar-refractivity contribution in [3.8, 4) is 0 Å². The van der Waals surface area contributed by atoms with Crippen LogP contribution in [-0.4, -0.2) is 36.0 Å². The summed E-state index contributed by atoms with van der Waals surface area (Å²) >= 11 is 1.50. The molecule has 2 heterocycles. The van der Waals surface area contributed by atoms with Crippen molar-refractivity contribution in [1.82, 2.24) is 9.97 Å². The standard InChI is InChI=1S/C12H20N4OS/c1-12(3-5-17-6-4-12)8-14-10-7-9(13)15-11(16-10)18-2/h7H,3-6,8H2,1-2H3,(H3,13,14,15,16). The quantitative estimate of drug-likeness (QED) is 0.643. The second-order valence-electron chi connectivity index (χ2n) is 4.94. The van der Waals surface area contributed by atoms with Crippen LogP contribution in [0.25, 0.3) is 0 Å². The molecule has 0 atom stereocenters. The van der Waals surface area contributed by atoms with Gasteiger partial charge < -0.3 is 15.8 Å². The van der Waals surface area contributed by atoms with E-state index in [1.165, 1.54) is 11.8 Å². The molecule has 1 aliphatic heterocycles. The third-order valence-electron chi connectivity index (χ3n) is 3.30. The van der Waals surface area contributed by atoms with Gasteiger partial charge in [0.2, 0.25) is 0 Å². The SMILES string of the molecule is CSc1nc(N)cc(NCC2(C)CCOCC2)n1. The third kappa shape index (κ3) is 3.49. The van der Waals surface area contributed by atoms with Crippen LogP contribution in [0.4, 0.5) is 11.6 Å². The van der Waals surface area contributed by atoms with Crippen LogP contribution < -0.4 is 11.1 Å². The van der Waals surface area contributed by atoms with Gasteiger partial charge in [-0.25, -0.2) is 9.97 Å². The van der Waals surface area contributed by atoms with Crippen molar-refractivity contribution in [3.05, 3.63) is 6.07 Å². The molecule has 0 radical (unpaired) electrons. The molecular weight excluding hydrogens is 248 g/mol. The van der Waals surface area contributed by atoms with Crippen LogP contribution in [0, 0.1) is 5.41 Å². The molecule has 5 nitrogen and oxygen atoms in total. The van der Waals surface area contributed by atoms with Gasteiger partial charge in [0.15, 0.2) is 5.16 Å². The van der Waals surface area contributed by atoms with Crippen LogP contribution in [-0.2, 0) is 4.74 Å². The van der Waals surface area contributed by atoms with Gasteiger partial charge in [0, 0.05) is 25.8 Å². The predicted octanol–water partition coefficient (Wildman–Crippen LogP) is 2.01. The highest BCUT2D eigenvalue weighted by Crippen LogP contribution is 2.30. The van der Waals surface area contributed by atoms with Gasteiger partial charge in [-0.05, 0) is 24.5 Å². The first-order chi connectivity index (χ1) is 8.61. The summed E-state index contributed by atoms with van der Waals surface area (Å²) in [6.07, 6.45) is 4.10. The van der Waals surface area contributed by atoms with Crippen molar-refractivity contribution in [1.29, 1.82) is 0 Å². The Balaban J connectivity index is 1.98. The molecule has 1 aliphatic rings. The van der Waals surface area contributed by atoms with E-state index in [-0.39, 0.29) is 5.41 Å². The Bertz CT molecular complexity index is 407. The van der Waals surface area contributed by atoms with E-state index in [9.17, 15) is 0 Å². The zero-order chi connectivity index (χ0) is 13.0. The highest BCUT2D eigenvalue weighted by molar-refractivity contribution is 7.98. The third-order valence-corrected chi connectivity index (χ3v) is 3.85. The van der Waals surface area contributed by atoms with Crippen molar-refractivity contribution in [3.63, 3.8) is 0 Å². The van der Waals surface area contributed by atoms with Crippen LogP contribution in [0.3, 0.4) is 0 Å². The van der Waals surface area contributed by atoms with E-state index in [4.69, 9.17) is 10.5 Å². The minimum atomic E-state index is 0.275. The van der Waals surface area contributed by atoms with Gasteiger partial charge in [-0.3, -0.25) is 0 Å². The fraction of sp³-hybridized carbons (Fsp3) is 0.667. The number of aromatic nitrogens is 2. The maximum Gasteiger partial charge on any atom is 0.191 e. The molecule has 0 unspecified atom stereocenters. The molecule has 1 fully saturated rings. The molecule has 3 N–H and O–H groups in total. The predicted molar refractivity (Wildman–Crippen MR) is 74.9 cm³/mol. The summed E-state index contributed by atoms with van der Waals surface area (Å²) in [5.41, 5.74) is 6.03. The second-order valence-corrected chi connectivity index (χ2v) is 5.71. The van der Waals surface area contributed by atoms with Crippen molar-refractivity contribution in [2.75, 3.05) is 37.1 Å². The summed E-state index contributed by atoms with van der Waals surface area (Å²) < 4.78 is 5.40. The molecule has 0 amide bonds. The molecule has 0 aromatic carbocycles. The van der Waals surface area contributed by atoms with E-state index < -0.39 is 0 Å². The number of hydrogen-bond donors (Lipinski definition) is 2. The molecule has 0 saturated carbocycles. The summed E-state index contributed by atoms with van der Waals surface area (Å²) in [5, 5.41) is 4.07. The van der Waals surface area contributed by atoms with Gasteiger partial charge in [0.05, 0.1) is 0 Å². The first kappa shape index (κ1) is 13.4. The molecular formula is C12H20N4OS. The molecule has 6 heteroatoms. The van der Waals surface area contributed by atoms with E-state index >= 15 is 0 Å². The van der Waals surface area contributed by atoms with Crippen molar-refractivity contribution in [2.45, 2.75) is 24.9 Å². The second kappa shape index (κ2) is 5.75. The average molecular weight is 268 g/mol. The van der Waals surface area contributed by atoms with Gasteiger partial charge in [-0.2, -0.15) is 0 Å². The molecule has 0 aliphatic carbocycles. The number of ether oxygens (including phenoxy) is 1. The van der Waals surface area contributed by atoms with Crippen molar-refractivity contribution in [2.24, 2.45) is 5.41 Å². The normalized spacial score (nSPS) is 18.6. The Hall–Kier alpha value is -1.01. The monoisotopic (exact) mass is 268 g/mol. The highest BCUT2D eigenvalue weighted by atomic mass is 32.2. The lowest BCUT2D eigenvalue weighted by molar-refractivity contribution is 0.0299. The van der Waals surface area contributed by atoms with E-state index in [2.05, 4.69) is 22.2 Å². The van der Waals surface area contributed by atoms with Crippen molar-refractivity contribution < 1.29 is 4.74 Å². The maximum atomic E-state index is 5.75. The number of nitrogens with one attached hydrogen (secondary N) is 1. The van der Waals surface area contributed by atoms with Gasteiger partial charge in [-0.1, -0.05) is 18.7 Å². The Morgan fingerprint density at radius 1 is 1.44 bits per heavy atom. The van der Waals surface area contributed by atoms with E-state index in [1.807, 2.05) is 6.26 Å². The molecule has 18 heavy (non-hydrogen) atoms.